The molecule has 1 saturated heterocycles. The van der Waals surface area contributed by atoms with Gasteiger partial charge in [0, 0.05) is 17.9 Å². The highest BCUT2D eigenvalue weighted by Crippen LogP contribution is 2.22. The SMILES string of the molecule is O=C(NC(=O)c1ccccc1)C(=C1NCCCS1)[N+](=O)[O-]. The van der Waals surface area contributed by atoms with Crippen LogP contribution in [0.1, 0.15) is 16.8 Å². The number of benzene rings is 1. The molecular formula is C13H13N3O4S. The normalized spacial score (nSPS) is 16.6. The van der Waals surface area contributed by atoms with Crippen LogP contribution in [0.3, 0.4) is 0 Å². The number of nitrogens with zero attached hydrogens (tertiary/aromatic N) is 1. The first-order chi connectivity index (χ1) is 10.1. The molecule has 1 aliphatic heterocycles. The molecule has 0 spiro atoms. The van der Waals surface area contributed by atoms with Gasteiger partial charge in [0.1, 0.15) is 0 Å². The van der Waals surface area contributed by atoms with Crippen molar-refractivity contribution in [1.82, 2.24) is 10.6 Å². The fraction of sp³-hybridized carbons (Fsp3) is 0.231. The van der Waals surface area contributed by atoms with Crippen molar-refractivity contribution in [2.45, 2.75) is 6.42 Å². The molecule has 1 fully saturated rings. The van der Waals surface area contributed by atoms with E-state index in [0.29, 0.717) is 12.3 Å². The predicted molar refractivity (Wildman–Crippen MR) is 78.0 cm³/mol. The summed E-state index contributed by atoms with van der Waals surface area (Å²) in [7, 11) is 0. The molecule has 2 rings (SSSR count). The minimum absolute atomic E-state index is 0.199. The van der Waals surface area contributed by atoms with E-state index in [1.165, 1.54) is 23.9 Å². The number of thioether (sulfide) groups is 1. The molecule has 1 aromatic carbocycles. The predicted octanol–water partition coefficient (Wildman–Crippen LogP) is 1.12. The van der Waals surface area contributed by atoms with Crippen LogP contribution in [0.15, 0.2) is 41.1 Å². The van der Waals surface area contributed by atoms with Gasteiger partial charge in [0.15, 0.2) is 5.03 Å². The highest BCUT2D eigenvalue weighted by molar-refractivity contribution is 8.03. The zero-order chi connectivity index (χ0) is 15.2. The monoisotopic (exact) mass is 307 g/mol. The molecule has 0 atom stereocenters. The van der Waals surface area contributed by atoms with Crippen molar-refractivity contribution in [3.8, 4) is 0 Å². The van der Waals surface area contributed by atoms with E-state index in [1.54, 1.807) is 18.2 Å². The Morgan fingerprint density at radius 2 is 2.00 bits per heavy atom. The average molecular weight is 307 g/mol. The molecule has 0 saturated carbocycles. The van der Waals surface area contributed by atoms with Crippen LogP contribution in [0.4, 0.5) is 0 Å². The van der Waals surface area contributed by atoms with Gasteiger partial charge in [-0.1, -0.05) is 18.2 Å². The lowest BCUT2D eigenvalue weighted by molar-refractivity contribution is -0.419. The van der Waals surface area contributed by atoms with Gasteiger partial charge in [0.2, 0.25) is 0 Å². The number of nitro groups is 1. The third-order valence-corrected chi connectivity index (χ3v) is 3.85. The molecule has 1 aliphatic rings. The fourth-order valence-electron chi connectivity index (χ4n) is 1.74. The molecule has 110 valence electrons. The Morgan fingerprint density at radius 1 is 1.29 bits per heavy atom. The van der Waals surface area contributed by atoms with Gasteiger partial charge in [-0.3, -0.25) is 25.0 Å². The van der Waals surface area contributed by atoms with E-state index in [9.17, 15) is 19.7 Å². The van der Waals surface area contributed by atoms with E-state index in [4.69, 9.17) is 0 Å². The molecule has 1 heterocycles. The number of carbonyl (C=O) groups excluding carboxylic acids is 2. The van der Waals surface area contributed by atoms with Gasteiger partial charge in [0.25, 0.3) is 5.91 Å². The molecule has 2 amide bonds. The molecule has 0 aliphatic carbocycles. The molecule has 8 heteroatoms. The van der Waals surface area contributed by atoms with E-state index >= 15 is 0 Å². The fourth-order valence-corrected chi connectivity index (χ4v) is 2.75. The molecule has 0 bridgehead atoms. The van der Waals surface area contributed by atoms with Crippen molar-refractivity contribution in [3.63, 3.8) is 0 Å². The number of imide groups is 1. The second kappa shape index (κ2) is 6.89. The number of hydrogen-bond acceptors (Lipinski definition) is 6. The minimum atomic E-state index is -1.01. The van der Waals surface area contributed by atoms with Crippen LogP contribution in [-0.2, 0) is 4.79 Å². The number of rotatable bonds is 3. The Balaban J connectivity index is 2.16. The number of amides is 2. The number of hydrogen-bond donors (Lipinski definition) is 2. The van der Waals surface area contributed by atoms with Gasteiger partial charge in [0.05, 0.1) is 4.92 Å². The van der Waals surface area contributed by atoms with Gasteiger partial charge >= 0.3 is 11.6 Å². The molecule has 1 aromatic rings. The first-order valence-corrected chi connectivity index (χ1v) is 7.24. The van der Waals surface area contributed by atoms with Crippen molar-refractivity contribution >= 4 is 23.6 Å². The topological polar surface area (TPSA) is 101 Å². The second-order valence-electron chi connectivity index (χ2n) is 4.21. The molecule has 0 radical (unpaired) electrons. The van der Waals surface area contributed by atoms with Gasteiger partial charge < -0.3 is 5.32 Å². The van der Waals surface area contributed by atoms with Gasteiger partial charge in [-0.2, -0.15) is 0 Å². The summed E-state index contributed by atoms with van der Waals surface area (Å²) < 4.78 is 0. The van der Waals surface area contributed by atoms with Crippen LogP contribution in [0.25, 0.3) is 0 Å². The molecule has 7 nitrogen and oxygen atoms in total. The third kappa shape index (κ3) is 3.82. The van der Waals surface area contributed by atoms with Crippen molar-refractivity contribution < 1.29 is 14.5 Å². The Morgan fingerprint density at radius 3 is 2.57 bits per heavy atom. The summed E-state index contributed by atoms with van der Waals surface area (Å²) in [6.45, 7) is 0.569. The van der Waals surface area contributed by atoms with Crippen LogP contribution in [0, 0.1) is 10.1 Å². The van der Waals surface area contributed by atoms with E-state index in [0.717, 1.165) is 6.42 Å². The van der Waals surface area contributed by atoms with E-state index in [-0.39, 0.29) is 10.6 Å². The summed E-state index contributed by atoms with van der Waals surface area (Å²) in [5.41, 5.74) is -0.355. The molecule has 0 aromatic heterocycles. The lowest BCUT2D eigenvalue weighted by Gasteiger charge is -2.15. The van der Waals surface area contributed by atoms with Crippen molar-refractivity contribution in [1.29, 1.82) is 0 Å². The first kappa shape index (κ1) is 15.0. The second-order valence-corrected chi connectivity index (χ2v) is 5.32. The number of nitrogens with one attached hydrogen (secondary N) is 2. The Labute approximate surface area is 124 Å². The molecule has 0 unspecified atom stereocenters. The quantitative estimate of drug-likeness (QED) is 0.493. The highest BCUT2D eigenvalue weighted by Gasteiger charge is 2.30. The smallest absolute Gasteiger partial charge is 0.363 e. The maximum Gasteiger partial charge on any atom is 0.363 e. The third-order valence-electron chi connectivity index (χ3n) is 2.73. The van der Waals surface area contributed by atoms with E-state index in [2.05, 4.69) is 5.32 Å². The van der Waals surface area contributed by atoms with Crippen LogP contribution in [0.2, 0.25) is 0 Å². The van der Waals surface area contributed by atoms with Gasteiger partial charge in [-0.15, -0.1) is 11.8 Å². The van der Waals surface area contributed by atoms with Crippen molar-refractivity contribution in [3.05, 3.63) is 56.7 Å². The van der Waals surface area contributed by atoms with Crippen LogP contribution in [0.5, 0.6) is 0 Å². The van der Waals surface area contributed by atoms with Crippen LogP contribution >= 0.6 is 11.8 Å². The molecular weight excluding hydrogens is 294 g/mol. The largest absolute Gasteiger partial charge is 0.374 e. The Hall–Kier alpha value is -2.35. The van der Waals surface area contributed by atoms with Crippen molar-refractivity contribution in [2.75, 3.05) is 12.3 Å². The van der Waals surface area contributed by atoms with E-state index in [1.807, 2.05) is 5.32 Å². The standard InChI is InChI=1S/C13H13N3O4S/c17-11(9-5-2-1-3-6-9)15-12(18)10(16(19)20)13-14-7-4-8-21-13/h1-3,5-6,14H,4,7-8H2,(H,15,17,18). The van der Waals surface area contributed by atoms with Crippen molar-refractivity contribution in [2.24, 2.45) is 0 Å². The zero-order valence-electron chi connectivity index (χ0n) is 11.0. The highest BCUT2D eigenvalue weighted by atomic mass is 32.2. The van der Waals surface area contributed by atoms with E-state index < -0.39 is 22.4 Å². The average Bonchev–Trinajstić information content (AvgIpc) is 2.49. The zero-order valence-corrected chi connectivity index (χ0v) is 11.8. The summed E-state index contributed by atoms with van der Waals surface area (Å²) in [4.78, 5) is 34.2. The van der Waals surface area contributed by atoms with Crippen LogP contribution in [-0.4, -0.2) is 29.0 Å². The summed E-state index contributed by atoms with van der Waals surface area (Å²) in [6, 6.07) is 8.06. The summed E-state index contributed by atoms with van der Waals surface area (Å²) >= 11 is 1.21. The number of carbonyl (C=O) groups is 2. The minimum Gasteiger partial charge on any atom is -0.374 e. The summed E-state index contributed by atoms with van der Waals surface area (Å²) in [6.07, 6.45) is 0.865. The first-order valence-electron chi connectivity index (χ1n) is 6.25. The maximum absolute atomic E-state index is 12.0. The Bertz CT molecular complexity index is 593. The lowest BCUT2D eigenvalue weighted by Crippen LogP contribution is -2.36. The van der Waals surface area contributed by atoms with Gasteiger partial charge in [-0.05, 0) is 18.6 Å². The maximum atomic E-state index is 12.0. The summed E-state index contributed by atoms with van der Waals surface area (Å²) in [5.74, 6) is -0.980. The molecule has 2 N–H and O–H groups in total. The lowest BCUT2D eigenvalue weighted by atomic mass is 10.2. The van der Waals surface area contributed by atoms with Gasteiger partial charge in [-0.25, -0.2) is 0 Å². The molecule has 21 heavy (non-hydrogen) atoms. The Kier molecular flexibility index (Phi) is 4.94. The summed E-state index contributed by atoms with van der Waals surface area (Å²) in [5, 5.41) is 16.1. The van der Waals surface area contributed by atoms with Crippen LogP contribution < -0.4 is 10.6 Å².